The molecule has 0 saturated carbocycles. The van der Waals surface area contributed by atoms with E-state index in [1.807, 2.05) is 25.2 Å². The summed E-state index contributed by atoms with van der Waals surface area (Å²) >= 11 is 0. The van der Waals surface area contributed by atoms with Crippen molar-refractivity contribution in [1.82, 2.24) is 30.4 Å². The Morgan fingerprint density at radius 3 is 2.97 bits per heavy atom. The number of hydrogen-bond acceptors (Lipinski definition) is 8. The van der Waals surface area contributed by atoms with Crippen molar-refractivity contribution in [2.24, 2.45) is 0 Å². The Morgan fingerprint density at radius 1 is 1.29 bits per heavy atom. The Hall–Kier alpha value is -3.66. The minimum atomic E-state index is -0.271. The van der Waals surface area contributed by atoms with Gasteiger partial charge in [0.1, 0.15) is 6.04 Å². The molecule has 1 N–H and O–H groups in total. The minimum absolute atomic E-state index is 0.166. The predicted molar refractivity (Wildman–Crippen MR) is 110 cm³/mol. The molecule has 3 heterocycles. The van der Waals surface area contributed by atoms with Crippen LogP contribution in [0.3, 0.4) is 0 Å². The highest BCUT2D eigenvalue weighted by Gasteiger charge is 2.37. The van der Waals surface area contributed by atoms with Gasteiger partial charge >= 0.3 is 0 Å². The molecule has 1 unspecified atom stereocenters. The molecular formula is C21H22N6O4. The molecule has 1 aromatic heterocycles. The van der Waals surface area contributed by atoms with Crippen molar-refractivity contribution >= 4 is 5.91 Å². The first-order valence-electron chi connectivity index (χ1n) is 9.92. The summed E-state index contributed by atoms with van der Waals surface area (Å²) in [6.07, 6.45) is 0.836. The largest absolute Gasteiger partial charge is 0.492 e. The van der Waals surface area contributed by atoms with Gasteiger partial charge in [0, 0.05) is 24.7 Å². The van der Waals surface area contributed by atoms with Crippen LogP contribution in [0.1, 0.15) is 33.4 Å². The molecule has 5 rings (SSSR count). The third kappa shape index (κ3) is 3.07. The van der Waals surface area contributed by atoms with Crippen molar-refractivity contribution in [2.75, 3.05) is 34.5 Å². The van der Waals surface area contributed by atoms with Gasteiger partial charge in [-0.25, -0.2) is 0 Å². The average molecular weight is 422 g/mol. The van der Waals surface area contributed by atoms with E-state index in [2.05, 4.69) is 25.7 Å². The molecule has 0 fully saturated rings. The molecule has 0 saturated heterocycles. The molecule has 3 aromatic rings. The van der Waals surface area contributed by atoms with Gasteiger partial charge in [-0.05, 0) is 53.7 Å². The van der Waals surface area contributed by atoms with Crippen LogP contribution >= 0.6 is 0 Å². The predicted octanol–water partition coefficient (Wildman–Crippen LogP) is 1.34. The lowest BCUT2D eigenvalue weighted by atomic mass is 9.90. The monoisotopic (exact) mass is 422 g/mol. The quantitative estimate of drug-likeness (QED) is 0.672. The summed E-state index contributed by atoms with van der Waals surface area (Å²) in [6.45, 7) is 0.977. The Labute approximate surface area is 178 Å². The number of amides is 1. The lowest BCUT2D eigenvalue weighted by Gasteiger charge is -2.34. The molecule has 160 valence electrons. The molecule has 2 aliphatic heterocycles. The number of rotatable bonds is 4. The number of carbonyl (C=O) groups is 1. The van der Waals surface area contributed by atoms with Crippen molar-refractivity contribution in [1.29, 1.82) is 0 Å². The van der Waals surface area contributed by atoms with Crippen molar-refractivity contribution in [3.05, 3.63) is 52.8 Å². The zero-order valence-electron chi connectivity index (χ0n) is 17.5. The van der Waals surface area contributed by atoms with Crippen LogP contribution in [0.5, 0.6) is 17.2 Å². The van der Waals surface area contributed by atoms with Crippen LogP contribution in [-0.4, -0.2) is 65.6 Å². The molecule has 31 heavy (non-hydrogen) atoms. The second-order valence-electron chi connectivity index (χ2n) is 7.43. The van der Waals surface area contributed by atoms with E-state index < -0.39 is 0 Å². The standard InChI is InChI=1S/C21H22N6O4/c1-22-21(28)13-5-4-6-14(9-13)27-20(23-24-25-27)17-16-12(7-8-26(17)2)10-15-18(19(16)29-3)31-11-30-15/h4-6,9-10,17H,7-8,11H2,1-3H3,(H,22,28). The van der Waals surface area contributed by atoms with Gasteiger partial charge < -0.3 is 19.5 Å². The zero-order valence-corrected chi connectivity index (χ0v) is 17.5. The topological polar surface area (TPSA) is 104 Å². The van der Waals surface area contributed by atoms with Gasteiger partial charge in [0.25, 0.3) is 5.91 Å². The summed E-state index contributed by atoms with van der Waals surface area (Å²) in [5.41, 5.74) is 3.29. The normalized spacial score (nSPS) is 17.3. The van der Waals surface area contributed by atoms with Crippen LogP contribution in [0, 0.1) is 0 Å². The number of ether oxygens (including phenoxy) is 3. The zero-order chi connectivity index (χ0) is 21.5. The summed E-state index contributed by atoms with van der Waals surface area (Å²) in [7, 11) is 5.25. The smallest absolute Gasteiger partial charge is 0.251 e. The molecular weight excluding hydrogens is 400 g/mol. The van der Waals surface area contributed by atoms with Gasteiger partial charge in [0.15, 0.2) is 17.3 Å². The fourth-order valence-electron chi connectivity index (χ4n) is 4.23. The molecule has 10 nitrogen and oxygen atoms in total. The molecule has 2 aromatic carbocycles. The summed E-state index contributed by atoms with van der Waals surface area (Å²) in [5.74, 6) is 2.37. The Kier molecular flexibility index (Phi) is 4.70. The van der Waals surface area contributed by atoms with Crippen LogP contribution in [0.2, 0.25) is 0 Å². The van der Waals surface area contributed by atoms with Crippen molar-refractivity contribution in [2.45, 2.75) is 12.5 Å². The number of nitrogens with one attached hydrogen (secondary N) is 1. The number of nitrogens with zero attached hydrogens (tertiary/aromatic N) is 5. The van der Waals surface area contributed by atoms with Gasteiger partial charge in [0.2, 0.25) is 12.5 Å². The fraction of sp³-hybridized carbons (Fsp3) is 0.333. The molecule has 0 spiro atoms. The van der Waals surface area contributed by atoms with E-state index >= 15 is 0 Å². The number of benzene rings is 2. The van der Waals surface area contributed by atoms with E-state index in [0.29, 0.717) is 34.3 Å². The van der Waals surface area contributed by atoms with Crippen LogP contribution in [0.4, 0.5) is 0 Å². The van der Waals surface area contributed by atoms with Crippen molar-refractivity contribution < 1.29 is 19.0 Å². The van der Waals surface area contributed by atoms with E-state index in [9.17, 15) is 4.79 Å². The van der Waals surface area contributed by atoms with E-state index in [0.717, 1.165) is 24.1 Å². The molecule has 1 amide bonds. The van der Waals surface area contributed by atoms with Crippen LogP contribution in [-0.2, 0) is 6.42 Å². The van der Waals surface area contributed by atoms with Crippen molar-refractivity contribution in [3.63, 3.8) is 0 Å². The molecule has 10 heteroatoms. The Balaban J connectivity index is 1.66. The third-order valence-corrected chi connectivity index (χ3v) is 5.71. The highest BCUT2D eigenvalue weighted by molar-refractivity contribution is 5.94. The Morgan fingerprint density at radius 2 is 2.16 bits per heavy atom. The molecule has 0 radical (unpaired) electrons. The van der Waals surface area contributed by atoms with Gasteiger partial charge in [-0.1, -0.05) is 6.07 Å². The Bertz CT molecular complexity index is 1160. The molecule has 2 aliphatic rings. The maximum absolute atomic E-state index is 12.1. The maximum Gasteiger partial charge on any atom is 0.251 e. The number of fused-ring (bicyclic) bond motifs is 2. The number of likely N-dealkylation sites (N-methyl/N-ethyl adjacent to an activating group) is 1. The first-order valence-corrected chi connectivity index (χ1v) is 9.92. The second kappa shape index (κ2) is 7.55. The first-order chi connectivity index (χ1) is 15.1. The number of methoxy groups -OCH3 is 1. The first kappa shape index (κ1) is 19.3. The number of aromatic nitrogens is 4. The van der Waals surface area contributed by atoms with Gasteiger partial charge in [0.05, 0.1) is 12.8 Å². The molecule has 0 bridgehead atoms. The SMILES string of the molecule is CNC(=O)c1cccc(-n2nnnc2C2c3c(cc4c(c3OC)OCO4)CCN2C)c1. The summed E-state index contributed by atoms with van der Waals surface area (Å²) in [5, 5.41) is 15.2. The van der Waals surface area contributed by atoms with E-state index in [1.165, 1.54) is 0 Å². The average Bonchev–Trinajstić information content (AvgIpc) is 3.46. The number of tetrazole rings is 1. The maximum atomic E-state index is 12.1. The van der Waals surface area contributed by atoms with E-state index in [4.69, 9.17) is 14.2 Å². The summed E-state index contributed by atoms with van der Waals surface area (Å²) in [6, 6.07) is 8.93. The molecule has 0 aliphatic carbocycles. The van der Waals surface area contributed by atoms with Crippen LogP contribution in [0.25, 0.3) is 5.69 Å². The summed E-state index contributed by atoms with van der Waals surface area (Å²) in [4.78, 5) is 14.3. The minimum Gasteiger partial charge on any atom is -0.492 e. The van der Waals surface area contributed by atoms with Gasteiger partial charge in [-0.3, -0.25) is 9.69 Å². The lowest BCUT2D eigenvalue weighted by molar-refractivity contribution is 0.0963. The fourth-order valence-corrected chi connectivity index (χ4v) is 4.23. The number of hydrogen-bond donors (Lipinski definition) is 1. The molecule has 1 atom stereocenters. The second-order valence-corrected chi connectivity index (χ2v) is 7.43. The number of carbonyl (C=O) groups excluding carboxylic acids is 1. The van der Waals surface area contributed by atoms with Crippen LogP contribution in [0.15, 0.2) is 30.3 Å². The van der Waals surface area contributed by atoms with Crippen LogP contribution < -0.4 is 19.5 Å². The highest BCUT2D eigenvalue weighted by atomic mass is 16.7. The van der Waals surface area contributed by atoms with Gasteiger partial charge in [-0.15, -0.1) is 5.10 Å². The van der Waals surface area contributed by atoms with E-state index in [1.54, 1.807) is 31.0 Å². The lowest BCUT2D eigenvalue weighted by Crippen LogP contribution is -2.35. The van der Waals surface area contributed by atoms with E-state index in [-0.39, 0.29) is 18.7 Å². The third-order valence-electron chi connectivity index (χ3n) is 5.71. The highest BCUT2D eigenvalue weighted by Crippen LogP contribution is 2.50. The summed E-state index contributed by atoms with van der Waals surface area (Å²) < 4.78 is 18.7. The van der Waals surface area contributed by atoms with Crippen molar-refractivity contribution in [3.8, 4) is 22.9 Å². The van der Waals surface area contributed by atoms with Gasteiger partial charge in [-0.2, -0.15) is 4.68 Å².